The molecule has 1 aliphatic heterocycles. The van der Waals surface area contributed by atoms with Gasteiger partial charge in [-0.1, -0.05) is 73.7 Å². The zero-order valence-electron chi connectivity index (χ0n) is 18.3. The lowest BCUT2D eigenvalue weighted by molar-refractivity contribution is 0.385. The normalized spacial score (nSPS) is 15.4. The predicted octanol–water partition coefficient (Wildman–Crippen LogP) is 6.94. The van der Waals surface area contributed by atoms with Gasteiger partial charge in [-0.2, -0.15) is 0 Å². The maximum Gasteiger partial charge on any atom is 0.565 e. The standard InChI is InChI=1S/C26H29N2O3P/c1-2-25(22-14-6-3-7-15-22)26(28-20-12-13-21-28)27-32(29,30-23-16-8-4-9-17-23)31-24-18-10-5-11-19-24/h3-11,14-19,25H,2,12-13,20-21H2,1H3. The Balaban J connectivity index is 1.77. The minimum absolute atomic E-state index is 0.00127. The maximum absolute atomic E-state index is 14.1. The Kier molecular flexibility index (Phi) is 7.28. The first-order valence-electron chi connectivity index (χ1n) is 11.2. The zero-order chi connectivity index (χ0) is 22.2. The van der Waals surface area contributed by atoms with Crippen LogP contribution in [0.5, 0.6) is 11.5 Å². The molecule has 1 saturated heterocycles. The Morgan fingerprint density at radius 1 is 0.844 bits per heavy atom. The zero-order valence-corrected chi connectivity index (χ0v) is 19.2. The topological polar surface area (TPSA) is 51.1 Å². The van der Waals surface area contributed by atoms with Crippen molar-refractivity contribution in [1.29, 1.82) is 0 Å². The van der Waals surface area contributed by atoms with Crippen molar-refractivity contribution in [3.63, 3.8) is 0 Å². The van der Waals surface area contributed by atoms with Gasteiger partial charge in [0.2, 0.25) is 0 Å². The molecule has 0 aliphatic carbocycles. The number of likely N-dealkylation sites (tertiary alicyclic amines) is 1. The molecule has 1 unspecified atom stereocenters. The number of para-hydroxylation sites is 2. The minimum Gasteiger partial charge on any atom is -0.399 e. The van der Waals surface area contributed by atoms with Crippen LogP contribution < -0.4 is 9.05 Å². The largest absolute Gasteiger partial charge is 0.565 e. The summed E-state index contributed by atoms with van der Waals surface area (Å²) in [6.07, 6.45) is 3.01. The second-order valence-electron chi connectivity index (χ2n) is 7.80. The smallest absolute Gasteiger partial charge is 0.399 e. The van der Waals surface area contributed by atoms with Gasteiger partial charge in [0, 0.05) is 19.0 Å². The highest BCUT2D eigenvalue weighted by molar-refractivity contribution is 7.53. The molecule has 0 N–H and O–H groups in total. The maximum atomic E-state index is 14.1. The van der Waals surface area contributed by atoms with E-state index in [9.17, 15) is 4.57 Å². The summed E-state index contributed by atoms with van der Waals surface area (Å²) in [6, 6.07) is 28.4. The summed E-state index contributed by atoms with van der Waals surface area (Å²) >= 11 is 0. The fourth-order valence-electron chi connectivity index (χ4n) is 3.97. The van der Waals surface area contributed by atoms with Gasteiger partial charge in [0.1, 0.15) is 17.3 Å². The van der Waals surface area contributed by atoms with Crippen molar-refractivity contribution >= 4 is 13.6 Å². The van der Waals surface area contributed by atoms with Gasteiger partial charge in [-0.15, -0.1) is 4.76 Å². The molecule has 32 heavy (non-hydrogen) atoms. The van der Waals surface area contributed by atoms with Gasteiger partial charge in [0.05, 0.1) is 0 Å². The van der Waals surface area contributed by atoms with Crippen LogP contribution in [-0.2, 0) is 4.57 Å². The van der Waals surface area contributed by atoms with E-state index in [0.717, 1.165) is 43.8 Å². The summed E-state index contributed by atoms with van der Waals surface area (Å²) < 4.78 is 30.8. The van der Waals surface area contributed by atoms with Gasteiger partial charge in [0.15, 0.2) is 0 Å². The van der Waals surface area contributed by atoms with Crippen molar-refractivity contribution in [3.05, 3.63) is 96.6 Å². The Hall–Kier alpha value is -3.04. The third-order valence-corrected chi connectivity index (χ3v) is 6.84. The summed E-state index contributed by atoms with van der Waals surface area (Å²) in [4.78, 5) is 2.23. The molecular formula is C26H29N2O3P. The number of amidine groups is 1. The van der Waals surface area contributed by atoms with Crippen LogP contribution in [0.1, 0.15) is 37.7 Å². The van der Waals surface area contributed by atoms with Crippen LogP contribution in [0.4, 0.5) is 0 Å². The van der Waals surface area contributed by atoms with Crippen molar-refractivity contribution in [1.82, 2.24) is 4.90 Å². The summed E-state index contributed by atoms with van der Waals surface area (Å²) in [6.45, 7) is 3.90. The molecule has 6 heteroatoms. The van der Waals surface area contributed by atoms with E-state index >= 15 is 0 Å². The van der Waals surface area contributed by atoms with E-state index < -0.39 is 7.75 Å². The molecule has 1 heterocycles. The average Bonchev–Trinajstić information content (AvgIpc) is 3.36. The highest BCUT2D eigenvalue weighted by Gasteiger charge is 2.34. The van der Waals surface area contributed by atoms with Crippen molar-refractivity contribution in [3.8, 4) is 11.5 Å². The third-order valence-electron chi connectivity index (χ3n) is 5.50. The van der Waals surface area contributed by atoms with Crippen molar-refractivity contribution in [2.24, 2.45) is 4.76 Å². The Morgan fingerprint density at radius 2 is 1.31 bits per heavy atom. The number of nitrogens with zero attached hydrogens (tertiary/aromatic N) is 2. The van der Waals surface area contributed by atoms with Gasteiger partial charge in [0.25, 0.3) is 0 Å². The van der Waals surface area contributed by atoms with Crippen molar-refractivity contribution in [2.75, 3.05) is 13.1 Å². The van der Waals surface area contributed by atoms with E-state index in [1.54, 1.807) is 24.3 Å². The highest BCUT2D eigenvalue weighted by Crippen LogP contribution is 2.51. The van der Waals surface area contributed by atoms with Crippen LogP contribution in [-0.4, -0.2) is 23.8 Å². The molecule has 1 aliphatic rings. The quantitative estimate of drug-likeness (QED) is 0.213. The summed E-state index contributed by atoms with van der Waals surface area (Å²) in [5.74, 6) is 1.70. The van der Waals surface area contributed by atoms with Gasteiger partial charge in [-0.3, -0.25) is 0 Å². The molecule has 0 saturated carbocycles. The molecule has 1 atom stereocenters. The first-order valence-corrected chi connectivity index (χ1v) is 12.7. The van der Waals surface area contributed by atoms with Crippen LogP contribution in [0.25, 0.3) is 0 Å². The molecule has 5 nitrogen and oxygen atoms in total. The monoisotopic (exact) mass is 448 g/mol. The number of rotatable bonds is 8. The SMILES string of the molecule is CCC(C(=NP(=O)(Oc1ccccc1)Oc1ccccc1)N1CCCC1)c1ccccc1. The van der Waals surface area contributed by atoms with E-state index in [0.29, 0.717) is 11.5 Å². The molecule has 166 valence electrons. The van der Waals surface area contributed by atoms with Gasteiger partial charge in [-0.05, 0) is 49.1 Å². The summed E-state index contributed by atoms with van der Waals surface area (Å²) in [5, 5.41) is 0. The average molecular weight is 449 g/mol. The van der Waals surface area contributed by atoms with Gasteiger partial charge >= 0.3 is 7.75 Å². The van der Waals surface area contributed by atoms with E-state index in [1.807, 2.05) is 54.6 Å². The van der Waals surface area contributed by atoms with E-state index in [4.69, 9.17) is 13.8 Å². The molecule has 4 rings (SSSR count). The Labute approximate surface area is 190 Å². The lowest BCUT2D eigenvalue weighted by Crippen LogP contribution is -2.33. The molecule has 1 fully saturated rings. The lowest BCUT2D eigenvalue weighted by atomic mass is 9.94. The number of benzene rings is 3. The summed E-state index contributed by atoms with van der Waals surface area (Å²) in [7, 11) is -3.91. The van der Waals surface area contributed by atoms with Gasteiger partial charge < -0.3 is 13.9 Å². The minimum atomic E-state index is -3.91. The second-order valence-corrected chi connectivity index (χ2v) is 9.30. The number of hydrogen-bond acceptors (Lipinski definition) is 3. The molecule has 0 spiro atoms. The molecular weight excluding hydrogens is 419 g/mol. The summed E-state index contributed by atoms with van der Waals surface area (Å²) in [5.41, 5.74) is 1.15. The Bertz CT molecular complexity index is 1010. The molecule has 0 amide bonds. The fraction of sp³-hybridized carbons (Fsp3) is 0.269. The fourth-order valence-corrected chi connectivity index (χ4v) is 5.38. The van der Waals surface area contributed by atoms with Crippen LogP contribution >= 0.6 is 7.75 Å². The third kappa shape index (κ3) is 5.60. The number of hydrogen-bond donors (Lipinski definition) is 0. The molecule has 0 radical (unpaired) electrons. The van der Waals surface area contributed by atoms with Crippen LogP contribution in [0.2, 0.25) is 0 Å². The molecule has 3 aromatic carbocycles. The van der Waals surface area contributed by atoms with Crippen LogP contribution in [0.15, 0.2) is 95.8 Å². The molecule has 0 bridgehead atoms. The molecule has 3 aromatic rings. The van der Waals surface area contributed by atoms with Crippen LogP contribution in [0, 0.1) is 0 Å². The first kappa shape index (κ1) is 22.2. The second kappa shape index (κ2) is 10.5. The van der Waals surface area contributed by atoms with Crippen molar-refractivity contribution < 1.29 is 13.6 Å². The lowest BCUT2D eigenvalue weighted by Gasteiger charge is -2.28. The first-order chi connectivity index (χ1) is 15.7. The highest BCUT2D eigenvalue weighted by atomic mass is 31.2. The van der Waals surface area contributed by atoms with Gasteiger partial charge in [-0.25, -0.2) is 4.57 Å². The van der Waals surface area contributed by atoms with E-state index in [-0.39, 0.29) is 5.92 Å². The van der Waals surface area contributed by atoms with Crippen LogP contribution in [0.3, 0.4) is 0 Å². The Morgan fingerprint density at radius 3 is 1.78 bits per heavy atom. The van der Waals surface area contributed by atoms with E-state index in [2.05, 4.69) is 24.0 Å². The van der Waals surface area contributed by atoms with Crippen molar-refractivity contribution in [2.45, 2.75) is 32.1 Å². The van der Waals surface area contributed by atoms with E-state index in [1.165, 1.54) is 0 Å². The predicted molar refractivity (Wildman–Crippen MR) is 129 cm³/mol. The molecule has 0 aromatic heterocycles.